The first-order chi connectivity index (χ1) is 11.2. The topological polar surface area (TPSA) is 61.4 Å². The molecule has 3 heterocycles. The van der Waals surface area contributed by atoms with Crippen LogP contribution in [0.4, 0.5) is 5.95 Å². The number of hydrogen-bond donors (Lipinski definition) is 1. The van der Waals surface area contributed by atoms with E-state index in [1.165, 1.54) is 12.8 Å². The average molecular weight is 317 g/mol. The molecule has 2 saturated heterocycles. The molecule has 0 spiro atoms. The molecule has 1 aromatic heterocycles. The van der Waals surface area contributed by atoms with Gasteiger partial charge in [0.2, 0.25) is 11.9 Å². The maximum Gasteiger partial charge on any atom is 0.225 e. The van der Waals surface area contributed by atoms with E-state index in [9.17, 15) is 4.79 Å². The number of amides is 1. The highest BCUT2D eigenvalue weighted by Crippen LogP contribution is 2.20. The first-order valence-corrected chi connectivity index (χ1v) is 8.70. The Hall–Kier alpha value is -1.69. The maximum absolute atomic E-state index is 12.5. The van der Waals surface area contributed by atoms with Gasteiger partial charge in [0.1, 0.15) is 0 Å². The van der Waals surface area contributed by atoms with Gasteiger partial charge in [-0.05, 0) is 57.8 Å². The van der Waals surface area contributed by atoms with E-state index in [1.807, 2.05) is 6.07 Å². The first-order valence-electron chi connectivity index (χ1n) is 8.70. The van der Waals surface area contributed by atoms with E-state index in [2.05, 4.69) is 32.1 Å². The predicted molar refractivity (Wildman–Crippen MR) is 90.2 cm³/mol. The molecule has 6 heteroatoms. The van der Waals surface area contributed by atoms with Crippen molar-refractivity contribution >= 4 is 11.9 Å². The molecule has 1 aromatic rings. The van der Waals surface area contributed by atoms with Crippen molar-refractivity contribution in [3.05, 3.63) is 18.5 Å². The molecule has 6 nitrogen and oxygen atoms in total. The fourth-order valence-corrected chi connectivity index (χ4v) is 3.48. The van der Waals surface area contributed by atoms with Crippen molar-refractivity contribution in [2.24, 2.45) is 11.8 Å². The van der Waals surface area contributed by atoms with Gasteiger partial charge < -0.3 is 15.1 Å². The van der Waals surface area contributed by atoms with E-state index in [4.69, 9.17) is 0 Å². The number of anilines is 1. The van der Waals surface area contributed by atoms with Crippen molar-refractivity contribution in [1.82, 2.24) is 20.2 Å². The summed E-state index contributed by atoms with van der Waals surface area (Å²) in [6, 6.07) is 1.82. The quantitative estimate of drug-likeness (QED) is 0.903. The van der Waals surface area contributed by atoms with Gasteiger partial charge in [0.25, 0.3) is 0 Å². The molecule has 3 rings (SSSR count). The zero-order valence-electron chi connectivity index (χ0n) is 13.9. The summed E-state index contributed by atoms with van der Waals surface area (Å²) in [5, 5.41) is 3.18. The van der Waals surface area contributed by atoms with Gasteiger partial charge >= 0.3 is 0 Å². The molecular formula is C17H27N5O. The van der Waals surface area contributed by atoms with E-state index < -0.39 is 0 Å². The largest absolute Gasteiger partial charge is 0.356 e. The molecule has 23 heavy (non-hydrogen) atoms. The Labute approximate surface area is 138 Å². The summed E-state index contributed by atoms with van der Waals surface area (Å²) in [5.74, 6) is 1.62. The fraction of sp³-hybridized carbons (Fsp3) is 0.706. The summed E-state index contributed by atoms with van der Waals surface area (Å²) in [6.45, 7) is 4.77. The van der Waals surface area contributed by atoms with Crippen molar-refractivity contribution in [2.45, 2.75) is 25.7 Å². The minimum Gasteiger partial charge on any atom is -0.356 e. The molecular weight excluding hydrogens is 290 g/mol. The minimum absolute atomic E-state index is 0.0545. The zero-order valence-corrected chi connectivity index (χ0v) is 13.9. The Bertz CT molecular complexity index is 501. The van der Waals surface area contributed by atoms with E-state index in [0.29, 0.717) is 5.92 Å². The summed E-state index contributed by atoms with van der Waals surface area (Å²) in [7, 11) is 2.16. The Morgan fingerprint density at radius 3 is 2.70 bits per heavy atom. The molecule has 0 unspecified atom stereocenters. The van der Waals surface area contributed by atoms with Gasteiger partial charge in [-0.25, -0.2) is 9.97 Å². The maximum atomic E-state index is 12.5. The van der Waals surface area contributed by atoms with Crippen LogP contribution in [-0.2, 0) is 4.79 Å². The van der Waals surface area contributed by atoms with Crippen molar-refractivity contribution in [3.8, 4) is 0 Å². The highest BCUT2D eigenvalue weighted by Gasteiger charge is 2.27. The molecule has 1 amide bonds. The monoisotopic (exact) mass is 317 g/mol. The summed E-state index contributed by atoms with van der Waals surface area (Å²) in [6.07, 6.45) is 7.86. The second-order valence-electron chi connectivity index (χ2n) is 6.83. The standard InChI is InChI=1S/C17H27N5O/c1-21-10-5-14(6-11-21)12-20-16(23)15-4-2-9-22(13-15)17-18-7-3-8-19-17/h3,7-8,14-15H,2,4-6,9-13H2,1H3,(H,20,23)/t15-/m1/s1. The summed E-state index contributed by atoms with van der Waals surface area (Å²) < 4.78 is 0. The van der Waals surface area contributed by atoms with Gasteiger partial charge in [-0.1, -0.05) is 0 Å². The highest BCUT2D eigenvalue weighted by molar-refractivity contribution is 5.79. The third kappa shape index (κ3) is 4.41. The lowest BCUT2D eigenvalue weighted by Crippen LogP contribution is -2.45. The van der Waals surface area contributed by atoms with Crippen LogP contribution in [0.15, 0.2) is 18.5 Å². The van der Waals surface area contributed by atoms with Crippen LogP contribution in [0.1, 0.15) is 25.7 Å². The van der Waals surface area contributed by atoms with Crippen LogP contribution in [0, 0.1) is 11.8 Å². The van der Waals surface area contributed by atoms with Crippen LogP contribution < -0.4 is 10.2 Å². The number of carbonyl (C=O) groups excluding carboxylic acids is 1. The lowest BCUT2D eigenvalue weighted by molar-refractivity contribution is -0.125. The fourth-order valence-electron chi connectivity index (χ4n) is 3.48. The number of piperidine rings is 2. The molecule has 1 N–H and O–H groups in total. The highest BCUT2D eigenvalue weighted by atomic mass is 16.1. The molecule has 1 atom stereocenters. The number of aromatic nitrogens is 2. The van der Waals surface area contributed by atoms with Gasteiger partial charge in [0.15, 0.2) is 0 Å². The van der Waals surface area contributed by atoms with Gasteiger partial charge in [-0.15, -0.1) is 0 Å². The predicted octanol–water partition coefficient (Wildman–Crippen LogP) is 1.15. The van der Waals surface area contributed by atoms with Crippen molar-refractivity contribution in [2.75, 3.05) is 44.7 Å². The van der Waals surface area contributed by atoms with E-state index in [0.717, 1.165) is 51.5 Å². The van der Waals surface area contributed by atoms with Crippen LogP contribution >= 0.6 is 0 Å². The number of carbonyl (C=O) groups is 1. The second kappa shape index (κ2) is 7.73. The minimum atomic E-state index is 0.0545. The molecule has 2 fully saturated rings. The summed E-state index contributed by atoms with van der Waals surface area (Å²) in [5.41, 5.74) is 0. The van der Waals surface area contributed by atoms with Crippen molar-refractivity contribution in [1.29, 1.82) is 0 Å². The Morgan fingerprint density at radius 1 is 1.22 bits per heavy atom. The Kier molecular flexibility index (Phi) is 5.43. The first kappa shape index (κ1) is 16.2. The number of rotatable bonds is 4. The number of nitrogens with zero attached hydrogens (tertiary/aromatic N) is 4. The smallest absolute Gasteiger partial charge is 0.225 e. The average Bonchev–Trinajstić information content (AvgIpc) is 2.62. The van der Waals surface area contributed by atoms with E-state index in [-0.39, 0.29) is 11.8 Å². The van der Waals surface area contributed by atoms with E-state index in [1.54, 1.807) is 12.4 Å². The number of hydrogen-bond acceptors (Lipinski definition) is 5. The number of nitrogens with one attached hydrogen (secondary N) is 1. The molecule has 0 bridgehead atoms. The number of likely N-dealkylation sites (tertiary alicyclic amines) is 1. The molecule has 0 aliphatic carbocycles. The van der Waals surface area contributed by atoms with Crippen molar-refractivity contribution in [3.63, 3.8) is 0 Å². The zero-order chi connectivity index (χ0) is 16.1. The summed E-state index contributed by atoms with van der Waals surface area (Å²) >= 11 is 0. The molecule has 126 valence electrons. The molecule has 0 saturated carbocycles. The van der Waals surface area contributed by atoms with Crippen LogP contribution in [0.2, 0.25) is 0 Å². The van der Waals surface area contributed by atoms with Gasteiger partial charge in [0, 0.05) is 32.0 Å². The van der Waals surface area contributed by atoms with Gasteiger partial charge in [-0.2, -0.15) is 0 Å². The SMILES string of the molecule is CN1CCC(CNC(=O)[C@@H]2CCCN(c3ncccn3)C2)CC1. The Morgan fingerprint density at radius 2 is 1.96 bits per heavy atom. The molecule has 0 radical (unpaired) electrons. The Balaban J connectivity index is 1.47. The van der Waals surface area contributed by atoms with Gasteiger partial charge in [0.05, 0.1) is 5.92 Å². The van der Waals surface area contributed by atoms with Gasteiger partial charge in [-0.3, -0.25) is 4.79 Å². The molecule has 0 aromatic carbocycles. The normalized spacial score (nSPS) is 23.7. The lowest BCUT2D eigenvalue weighted by atomic mass is 9.95. The van der Waals surface area contributed by atoms with Crippen LogP contribution in [0.5, 0.6) is 0 Å². The lowest BCUT2D eigenvalue weighted by Gasteiger charge is -2.33. The van der Waals surface area contributed by atoms with E-state index >= 15 is 0 Å². The summed E-state index contributed by atoms with van der Waals surface area (Å²) in [4.78, 5) is 25.6. The molecule has 2 aliphatic heterocycles. The third-order valence-corrected chi connectivity index (χ3v) is 5.03. The molecule has 2 aliphatic rings. The van der Waals surface area contributed by atoms with Crippen LogP contribution in [-0.4, -0.2) is 60.5 Å². The third-order valence-electron chi connectivity index (χ3n) is 5.03. The van der Waals surface area contributed by atoms with Crippen LogP contribution in [0.25, 0.3) is 0 Å². The van der Waals surface area contributed by atoms with Crippen molar-refractivity contribution < 1.29 is 4.79 Å². The van der Waals surface area contributed by atoms with Crippen LogP contribution in [0.3, 0.4) is 0 Å². The second-order valence-corrected chi connectivity index (χ2v) is 6.83.